The minimum absolute atomic E-state index is 0.118. The van der Waals surface area contributed by atoms with Gasteiger partial charge in [0.2, 0.25) is 0 Å². The second-order valence-corrected chi connectivity index (χ2v) is 10.2. The molecule has 6 rings (SSSR count). The topological polar surface area (TPSA) is 73.7 Å². The first-order valence-corrected chi connectivity index (χ1v) is 13.3. The average molecular weight is 494 g/mol. The zero-order chi connectivity index (χ0) is 25.4. The largest absolute Gasteiger partial charge is 0.507 e. The maximum atomic E-state index is 13.5. The maximum absolute atomic E-state index is 13.5. The smallest absolute Gasteiger partial charge is 0.300 e. The normalized spacial score (nSPS) is 21.2. The summed E-state index contributed by atoms with van der Waals surface area (Å²) in [4.78, 5) is 34.9. The molecule has 188 valence electrons. The molecule has 3 aliphatic rings. The fourth-order valence-electron chi connectivity index (χ4n) is 5.97. The Balaban J connectivity index is 1.43. The van der Waals surface area contributed by atoms with Crippen LogP contribution in [0.1, 0.15) is 60.4 Å². The molecule has 6 heteroatoms. The Bertz CT molecular complexity index is 1360. The molecule has 1 aliphatic carbocycles. The number of aliphatic hydroxyl groups is 1. The second-order valence-electron chi connectivity index (χ2n) is 10.2. The van der Waals surface area contributed by atoms with E-state index in [1.54, 1.807) is 24.5 Å². The van der Waals surface area contributed by atoms with Crippen molar-refractivity contribution in [1.82, 2.24) is 4.98 Å². The van der Waals surface area contributed by atoms with Gasteiger partial charge in [-0.25, -0.2) is 0 Å². The lowest BCUT2D eigenvalue weighted by Crippen LogP contribution is -2.30. The Morgan fingerprint density at radius 3 is 2.19 bits per heavy atom. The summed E-state index contributed by atoms with van der Waals surface area (Å²) in [6.45, 7) is 2.06. The summed E-state index contributed by atoms with van der Waals surface area (Å²) < 4.78 is 0. The second kappa shape index (κ2) is 9.85. The fraction of sp³-hybridized carbons (Fsp3) is 0.323. The van der Waals surface area contributed by atoms with E-state index in [9.17, 15) is 14.7 Å². The average Bonchev–Trinajstić information content (AvgIpc) is 3.23. The highest BCUT2D eigenvalue weighted by atomic mass is 16.3. The van der Waals surface area contributed by atoms with Crippen LogP contribution in [0.4, 0.5) is 11.4 Å². The molecule has 2 aliphatic heterocycles. The summed E-state index contributed by atoms with van der Waals surface area (Å²) in [6, 6.07) is 16.6. The van der Waals surface area contributed by atoms with Gasteiger partial charge in [0.1, 0.15) is 5.76 Å². The van der Waals surface area contributed by atoms with E-state index in [0.717, 1.165) is 43.6 Å². The third kappa shape index (κ3) is 4.31. The molecule has 0 bridgehead atoms. The number of fused-ring (bicyclic) bond motifs is 1. The van der Waals surface area contributed by atoms with Crippen LogP contribution in [0.5, 0.6) is 0 Å². The first-order valence-electron chi connectivity index (χ1n) is 13.3. The first kappa shape index (κ1) is 23.5. The summed E-state index contributed by atoms with van der Waals surface area (Å²) >= 11 is 0. The van der Waals surface area contributed by atoms with E-state index in [4.69, 9.17) is 0 Å². The quantitative estimate of drug-likeness (QED) is 0.292. The summed E-state index contributed by atoms with van der Waals surface area (Å²) in [5.74, 6) is -1.43. The van der Waals surface area contributed by atoms with Crippen LogP contribution in [0.3, 0.4) is 0 Å². The summed E-state index contributed by atoms with van der Waals surface area (Å²) in [6.07, 6.45) is 11.2. The van der Waals surface area contributed by atoms with Crippen molar-refractivity contribution in [3.8, 4) is 0 Å². The summed E-state index contributed by atoms with van der Waals surface area (Å²) in [5, 5.41) is 11.5. The molecule has 2 aromatic carbocycles. The number of carbonyl (C=O) groups is 2. The van der Waals surface area contributed by atoms with Crippen LogP contribution in [0.15, 0.2) is 72.6 Å². The highest BCUT2D eigenvalue weighted by molar-refractivity contribution is 6.51. The van der Waals surface area contributed by atoms with Gasteiger partial charge in [-0.1, -0.05) is 12.1 Å². The van der Waals surface area contributed by atoms with Crippen molar-refractivity contribution in [3.63, 3.8) is 0 Å². The van der Waals surface area contributed by atoms with Crippen LogP contribution >= 0.6 is 0 Å². The van der Waals surface area contributed by atoms with Crippen LogP contribution in [0.2, 0.25) is 0 Å². The molecule has 2 fully saturated rings. The number of pyridine rings is 1. The van der Waals surface area contributed by atoms with E-state index in [1.807, 2.05) is 42.5 Å². The number of benzene rings is 2. The van der Waals surface area contributed by atoms with Gasteiger partial charge < -0.3 is 10.0 Å². The van der Waals surface area contributed by atoms with E-state index in [2.05, 4.69) is 9.88 Å². The van der Waals surface area contributed by atoms with Gasteiger partial charge in [-0.15, -0.1) is 0 Å². The number of hydrogen-bond acceptors (Lipinski definition) is 5. The SMILES string of the molecule is O=C1C(=O)N(c2ccc(N3CCCCC3)cc2)C(c2ccncc2)/C1=C(/O)c1ccc2c(c1)CCCC2. The molecule has 3 aromatic rings. The van der Waals surface area contributed by atoms with Gasteiger partial charge >= 0.3 is 0 Å². The molecule has 0 radical (unpaired) electrons. The number of nitrogens with zero attached hydrogens (tertiary/aromatic N) is 3. The highest BCUT2D eigenvalue weighted by Crippen LogP contribution is 2.42. The molecule has 0 saturated carbocycles. The monoisotopic (exact) mass is 493 g/mol. The van der Waals surface area contributed by atoms with E-state index in [0.29, 0.717) is 11.3 Å². The summed E-state index contributed by atoms with van der Waals surface area (Å²) in [7, 11) is 0. The van der Waals surface area contributed by atoms with Gasteiger partial charge in [0.15, 0.2) is 0 Å². The standard InChI is InChI=1S/C31H31N3O3/c35-29(24-9-8-21-6-2-3-7-23(21)20-24)27-28(22-14-16-32-17-15-22)34(31(37)30(27)36)26-12-10-25(11-13-26)33-18-4-1-5-19-33/h8-17,20,28,35H,1-7,18-19H2/b29-27-. The number of ketones is 1. The number of amides is 1. The number of hydrogen-bond donors (Lipinski definition) is 1. The zero-order valence-corrected chi connectivity index (χ0v) is 20.9. The number of carbonyl (C=O) groups excluding carboxylic acids is 2. The lowest BCUT2D eigenvalue weighted by atomic mass is 9.89. The van der Waals surface area contributed by atoms with E-state index in [1.165, 1.54) is 41.7 Å². The predicted molar refractivity (Wildman–Crippen MR) is 145 cm³/mol. The van der Waals surface area contributed by atoms with Gasteiger partial charge in [-0.2, -0.15) is 0 Å². The van der Waals surface area contributed by atoms with Gasteiger partial charge in [-0.05, 0) is 104 Å². The van der Waals surface area contributed by atoms with Gasteiger partial charge in [0, 0.05) is 42.4 Å². The van der Waals surface area contributed by atoms with Crippen molar-refractivity contribution in [1.29, 1.82) is 0 Å². The third-order valence-corrected chi connectivity index (χ3v) is 7.94. The maximum Gasteiger partial charge on any atom is 0.300 e. The van der Waals surface area contributed by atoms with Crippen molar-refractivity contribution < 1.29 is 14.7 Å². The van der Waals surface area contributed by atoms with Crippen molar-refractivity contribution in [2.45, 2.75) is 51.0 Å². The molecule has 3 heterocycles. The van der Waals surface area contributed by atoms with Crippen molar-refractivity contribution in [2.24, 2.45) is 0 Å². The van der Waals surface area contributed by atoms with Gasteiger partial charge in [0.25, 0.3) is 11.7 Å². The Kier molecular flexibility index (Phi) is 6.25. The molecule has 0 spiro atoms. The molecule has 1 aromatic heterocycles. The minimum Gasteiger partial charge on any atom is -0.507 e. The number of aromatic nitrogens is 1. The Labute approximate surface area is 217 Å². The number of Topliss-reactive ketones (excluding diaryl/α,β-unsaturated/α-hetero) is 1. The van der Waals surface area contributed by atoms with Crippen LogP contribution in [0.25, 0.3) is 5.76 Å². The molecule has 1 atom stereocenters. The van der Waals surface area contributed by atoms with Crippen molar-refractivity contribution in [2.75, 3.05) is 22.9 Å². The third-order valence-electron chi connectivity index (χ3n) is 7.94. The first-order chi connectivity index (χ1) is 18.1. The van der Waals surface area contributed by atoms with Crippen LogP contribution in [-0.4, -0.2) is 34.9 Å². The Hall–Kier alpha value is -3.93. The number of anilines is 2. The molecule has 1 unspecified atom stereocenters. The van der Waals surface area contributed by atoms with Crippen LogP contribution < -0.4 is 9.80 Å². The van der Waals surface area contributed by atoms with Gasteiger partial charge in [-0.3, -0.25) is 19.5 Å². The fourth-order valence-corrected chi connectivity index (χ4v) is 5.97. The molecular formula is C31H31N3O3. The zero-order valence-electron chi connectivity index (χ0n) is 20.9. The lowest BCUT2D eigenvalue weighted by Gasteiger charge is -2.30. The predicted octanol–water partition coefficient (Wildman–Crippen LogP) is 5.58. The summed E-state index contributed by atoms with van der Waals surface area (Å²) in [5.41, 5.74) is 5.68. The van der Waals surface area contributed by atoms with E-state index >= 15 is 0 Å². The number of rotatable bonds is 4. The molecule has 6 nitrogen and oxygen atoms in total. The molecule has 1 N–H and O–H groups in total. The molecule has 1 amide bonds. The molecular weight excluding hydrogens is 462 g/mol. The minimum atomic E-state index is -0.736. The van der Waals surface area contributed by atoms with E-state index < -0.39 is 17.7 Å². The van der Waals surface area contributed by atoms with Gasteiger partial charge in [0.05, 0.1) is 11.6 Å². The number of aryl methyl sites for hydroxylation is 2. The van der Waals surface area contributed by atoms with Crippen molar-refractivity contribution in [3.05, 3.63) is 94.8 Å². The van der Waals surface area contributed by atoms with Crippen molar-refractivity contribution >= 4 is 28.8 Å². The van der Waals surface area contributed by atoms with Crippen LogP contribution in [0, 0.1) is 0 Å². The lowest BCUT2D eigenvalue weighted by molar-refractivity contribution is -0.132. The highest BCUT2D eigenvalue weighted by Gasteiger charge is 2.47. The molecule has 2 saturated heterocycles. The molecule has 37 heavy (non-hydrogen) atoms. The Morgan fingerprint density at radius 1 is 0.784 bits per heavy atom. The van der Waals surface area contributed by atoms with Crippen LogP contribution in [-0.2, 0) is 22.4 Å². The van der Waals surface area contributed by atoms with E-state index in [-0.39, 0.29) is 11.3 Å². The number of aliphatic hydroxyl groups excluding tert-OH is 1. The Morgan fingerprint density at radius 2 is 1.46 bits per heavy atom. The number of piperidine rings is 1.